The SMILES string of the molecule is COn1c(-c2ccccc2)c(-c2ccccc2)c2cc(Br)ccc2c1=O. The van der Waals surface area contributed by atoms with Crippen LogP contribution in [0.3, 0.4) is 0 Å². The number of aromatic nitrogens is 1. The van der Waals surface area contributed by atoms with Gasteiger partial charge in [0.25, 0.3) is 5.56 Å². The number of rotatable bonds is 3. The maximum atomic E-state index is 13.1. The van der Waals surface area contributed by atoms with E-state index in [1.54, 1.807) is 0 Å². The highest BCUT2D eigenvalue weighted by atomic mass is 79.9. The van der Waals surface area contributed by atoms with E-state index in [4.69, 9.17) is 4.84 Å². The van der Waals surface area contributed by atoms with Crippen LogP contribution in [0.1, 0.15) is 0 Å². The highest BCUT2D eigenvalue weighted by Gasteiger charge is 2.20. The lowest BCUT2D eigenvalue weighted by atomic mass is 9.94. The fraction of sp³-hybridized carbons (Fsp3) is 0.0455. The second-order valence-electron chi connectivity index (χ2n) is 5.93. The van der Waals surface area contributed by atoms with E-state index in [2.05, 4.69) is 15.9 Å². The Labute approximate surface area is 159 Å². The van der Waals surface area contributed by atoms with Crippen molar-refractivity contribution in [1.29, 1.82) is 0 Å². The summed E-state index contributed by atoms with van der Waals surface area (Å²) in [6.45, 7) is 0. The van der Waals surface area contributed by atoms with Crippen LogP contribution in [0, 0.1) is 0 Å². The topological polar surface area (TPSA) is 31.2 Å². The van der Waals surface area contributed by atoms with Crippen molar-refractivity contribution in [2.24, 2.45) is 0 Å². The molecule has 0 unspecified atom stereocenters. The van der Waals surface area contributed by atoms with Crippen molar-refractivity contribution in [1.82, 2.24) is 4.73 Å². The Bertz CT molecular complexity index is 1140. The minimum Gasteiger partial charge on any atom is -0.413 e. The minimum atomic E-state index is -0.173. The first-order valence-corrected chi connectivity index (χ1v) is 9.03. The van der Waals surface area contributed by atoms with Gasteiger partial charge in [0, 0.05) is 15.6 Å². The van der Waals surface area contributed by atoms with Crippen LogP contribution in [0.25, 0.3) is 33.2 Å². The summed E-state index contributed by atoms with van der Waals surface area (Å²) in [7, 11) is 1.52. The average Bonchev–Trinajstić information content (AvgIpc) is 2.69. The van der Waals surface area contributed by atoms with Crippen molar-refractivity contribution in [3.05, 3.63) is 93.7 Å². The molecule has 0 atom stereocenters. The largest absolute Gasteiger partial charge is 0.413 e. The predicted octanol–water partition coefficient (Wildman–Crippen LogP) is 5.16. The molecule has 3 aromatic carbocycles. The molecule has 0 saturated carbocycles. The Morgan fingerprint density at radius 3 is 2.04 bits per heavy atom. The van der Waals surface area contributed by atoms with Crippen LogP contribution < -0.4 is 10.4 Å². The minimum absolute atomic E-state index is 0.173. The number of pyridine rings is 1. The number of fused-ring (bicyclic) bond motifs is 1. The summed E-state index contributed by atoms with van der Waals surface area (Å²) in [6, 6.07) is 25.6. The Morgan fingerprint density at radius 1 is 0.808 bits per heavy atom. The van der Waals surface area contributed by atoms with Gasteiger partial charge in [0.05, 0.1) is 11.1 Å². The highest BCUT2D eigenvalue weighted by molar-refractivity contribution is 9.10. The average molecular weight is 406 g/mol. The maximum absolute atomic E-state index is 13.1. The van der Waals surface area contributed by atoms with Crippen molar-refractivity contribution in [2.45, 2.75) is 0 Å². The van der Waals surface area contributed by atoms with Crippen LogP contribution in [0.2, 0.25) is 0 Å². The van der Waals surface area contributed by atoms with E-state index in [-0.39, 0.29) is 5.56 Å². The molecule has 0 aliphatic rings. The van der Waals surface area contributed by atoms with Gasteiger partial charge in [-0.05, 0) is 29.1 Å². The van der Waals surface area contributed by atoms with Crippen molar-refractivity contribution in [2.75, 3.05) is 7.11 Å². The highest BCUT2D eigenvalue weighted by Crippen LogP contribution is 2.37. The van der Waals surface area contributed by atoms with Crippen molar-refractivity contribution >= 4 is 26.7 Å². The molecule has 0 saturated heterocycles. The Balaban J connectivity index is 2.26. The van der Waals surface area contributed by atoms with E-state index in [0.717, 1.165) is 32.2 Å². The fourth-order valence-electron chi connectivity index (χ4n) is 3.28. The third kappa shape index (κ3) is 2.72. The lowest BCUT2D eigenvalue weighted by Crippen LogP contribution is -2.27. The van der Waals surface area contributed by atoms with Crippen LogP contribution in [-0.2, 0) is 0 Å². The van der Waals surface area contributed by atoms with Crippen LogP contribution in [0.4, 0.5) is 0 Å². The second kappa shape index (κ2) is 6.81. The summed E-state index contributed by atoms with van der Waals surface area (Å²) >= 11 is 3.54. The molecule has 4 heteroatoms. The van der Waals surface area contributed by atoms with Gasteiger partial charge in [-0.3, -0.25) is 4.79 Å². The molecule has 0 fully saturated rings. The summed E-state index contributed by atoms with van der Waals surface area (Å²) in [4.78, 5) is 18.6. The quantitative estimate of drug-likeness (QED) is 0.471. The normalized spacial score (nSPS) is 10.8. The van der Waals surface area contributed by atoms with Gasteiger partial charge < -0.3 is 4.84 Å². The van der Waals surface area contributed by atoms with Gasteiger partial charge >= 0.3 is 0 Å². The van der Waals surface area contributed by atoms with Crippen LogP contribution in [0.15, 0.2) is 88.1 Å². The molecule has 0 aliphatic carbocycles. The predicted molar refractivity (Wildman–Crippen MR) is 109 cm³/mol. The van der Waals surface area contributed by atoms with Crippen LogP contribution >= 0.6 is 15.9 Å². The Hall–Kier alpha value is -2.85. The van der Waals surface area contributed by atoms with Gasteiger partial charge in [-0.1, -0.05) is 76.6 Å². The van der Waals surface area contributed by atoms with E-state index in [1.165, 1.54) is 11.8 Å². The molecule has 0 bridgehead atoms. The molecular weight excluding hydrogens is 390 g/mol. The summed E-state index contributed by atoms with van der Waals surface area (Å²) < 4.78 is 2.31. The summed E-state index contributed by atoms with van der Waals surface area (Å²) in [5.41, 5.74) is 3.49. The first kappa shape index (κ1) is 16.6. The molecular formula is C22H16BrNO2. The van der Waals surface area contributed by atoms with E-state index >= 15 is 0 Å². The van der Waals surface area contributed by atoms with Gasteiger partial charge in [0.2, 0.25) is 0 Å². The standard InChI is InChI=1S/C22H16BrNO2/c1-26-24-21(16-10-6-3-7-11-16)20(15-8-4-2-5-9-15)19-14-17(23)12-13-18(19)22(24)25/h2-14H,1H3. The van der Waals surface area contributed by atoms with E-state index in [0.29, 0.717) is 5.39 Å². The molecule has 0 N–H and O–H groups in total. The molecule has 0 aliphatic heterocycles. The molecule has 0 amide bonds. The zero-order valence-corrected chi connectivity index (χ0v) is 15.7. The van der Waals surface area contributed by atoms with Crippen molar-refractivity contribution in [3.63, 3.8) is 0 Å². The fourth-order valence-corrected chi connectivity index (χ4v) is 3.64. The number of nitrogens with zero attached hydrogens (tertiary/aromatic N) is 1. The smallest absolute Gasteiger partial charge is 0.291 e. The number of hydrogen-bond donors (Lipinski definition) is 0. The Kier molecular flexibility index (Phi) is 4.35. The molecule has 0 radical (unpaired) electrons. The number of benzene rings is 3. The summed E-state index contributed by atoms with van der Waals surface area (Å²) in [5, 5.41) is 1.51. The number of hydrogen-bond acceptors (Lipinski definition) is 2. The molecule has 4 aromatic rings. The van der Waals surface area contributed by atoms with E-state index in [1.807, 2.05) is 78.9 Å². The van der Waals surface area contributed by atoms with Crippen molar-refractivity contribution < 1.29 is 4.84 Å². The molecule has 1 heterocycles. The molecule has 4 rings (SSSR count). The lowest BCUT2D eigenvalue weighted by Gasteiger charge is -2.19. The van der Waals surface area contributed by atoms with Crippen LogP contribution in [0.5, 0.6) is 0 Å². The lowest BCUT2D eigenvalue weighted by molar-refractivity contribution is 0.163. The molecule has 128 valence electrons. The first-order valence-electron chi connectivity index (χ1n) is 8.24. The zero-order valence-electron chi connectivity index (χ0n) is 14.1. The maximum Gasteiger partial charge on any atom is 0.291 e. The summed E-state index contributed by atoms with van der Waals surface area (Å²) in [6.07, 6.45) is 0. The van der Waals surface area contributed by atoms with Gasteiger partial charge in [0.15, 0.2) is 0 Å². The van der Waals surface area contributed by atoms with E-state index in [9.17, 15) is 4.79 Å². The van der Waals surface area contributed by atoms with Gasteiger partial charge in [-0.15, -0.1) is 4.73 Å². The zero-order chi connectivity index (χ0) is 18.1. The van der Waals surface area contributed by atoms with Gasteiger partial charge in [-0.2, -0.15) is 0 Å². The Morgan fingerprint density at radius 2 is 1.42 bits per heavy atom. The number of halogens is 1. The van der Waals surface area contributed by atoms with Gasteiger partial charge in [0.1, 0.15) is 7.11 Å². The van der Waals surface area contributed by atoms with Crippen LogP contribution in [-0.4, -0.2) is 11.8 Å². The molecule has 26 heavy (non-hydrogen) atoms. The molecule has 0 spiro atoms. The van der Waals surface area contributed by atoms with Gasteiger partial charge in [-0.25, -0.2) is 0 Å². The van der Waals surface area contributed by atoms with E-state index < -0.39 is 0 Å². The molecule has 1 aromatic heterocycles. The second-order valence-corrected chi connectivity index (χ2v) is 6.84. The van der Waals surface area contributed by atoms with Crippen molar-refractivity contribution in [3.8, 4) is 22.4 Å². The third-order valence-corrected chi connectivity index (χ3v) is 4.89. The third-order valence-electron chi connectivity index (χ3n) is 4.40. The molecule has 3 nitrogen and oxygen atoms in total. The summed E-state index contributed by atoms with van der Waals surface area (Å²) in [5.74, 6) is 0. The first-order chi connectivity index (χ1) is 12.7. The monoisotopic (exact) mass is 405 g/mol.